The van der Waals surface area contributed by atoms with Gasteiger partial charge in [-0.3, -0.25) is 9.59 Å². The van der Waals surface area contributed by atoms with Gasteiger partial charge in [0.2, 0.25) is 5.91 Å². The van der Waals surface area contributed by atoms with Gasteiger partial charge in [0.25, 0.3) is 0 Å². The molecule has 0 spiro atoms. The van der Waals surface area contributed by atoms with Crippen LogP contribution in [0.2, 0.25) is 0 Å². The highest BCUT2D eigenvalue weighted by atomic mass is 16.7. The van der Waals surface area contributed by atoms with Crippen LogP contribution < -0.4 is 0 Å². The molecule has 0 saturated carbocycles. The van der Waals surface area contributed by atoms with Crippen molar-refractivity contribution in [3.8, 4) is 0 Å². The fourth-order valence-corrected chi connectivity index (χ4v) is 3.37. The van der Waals surface area contributed by atoms with Gasteiger partial charge >= 0.3 is 0 Å². The van der Waals surface area contributed by atoms with Crippen molar-refractivity contribution in [1.29, 1.82) is 0 Å². The second-order valence-electron chi connectivity index (χ2n) is 6.64. The van der Waals surface area contributed by atoms with Crippen molar-refractivity contribution in [2.75, 3.05) is 41.0 Å². The van der Waals surface area contributed by atoms with Crippen molar-refractivity contribution in [2.24, 2.45) is 5.92 Å². The Morgan fingerprint density at radius 1 is 1.00 bits per heavy atom. The molecule has 1 aliphatic rings. The van der Waals surface area contributed by atoms with Crippen LogP contribution in [0.1, 0.15) is 30.1 Å². The maximum atomic E-state index is 13.2. The molecule has 0 N–H and O–H groups in total. The van der Waals surface area contributed by atoms with Crippen molar-refractivity contribution in [2.45, 2.75) is 31.8 Å². The minimum absolute atomic E-state index is 0.102. The summed E-state index contributed by atoms with van der Waals surface area (Å²) in [7, 11) is 3.11. The monoisotopic (exact) mass is 379 g/mol. The maximum absolute atomic E-state index is 13.2. The zero-order chi connectivity index (χ0) is 19.6. The van der Waals surface area contributed by atoms with E-state index in [0.29, 0.717) is 18.8 Å². The van der Waals surface area contributed by atoms with Crippen LogP contribution in [0.4, 0.5) is 0 Å². The van der Waals surface area contributed by atoms with Crippen molar-refractivity contribution in [3.63, 3.8) is 0 Å². The fraction of sp³-hybridized carbons (Fsp3) is 0.600. The van der Waals surface area contributed by atoms with E-state index in [-0.39, 0.29) is 37.4 Å². The van der Waals surface area contributed by atoms with Crippen LogP contribution >= 0.6 is 0 Å². The van der Waals surface area contributed by atoms with Gasteiger partial charge in [-0.15, -0.1) is 0 Å². The Bertz CT molecular complexity index is 575. The average molecular weight is 379 g/mol. The molecule has 0 aliphatic carbocycles. The molecule has 1 amide bonds. The number of methoxy groups -OCH3 is 2. The highest BCUT2D eigenvalue weighted by Gasteiger charge is 2.40. The van der Waals surface area contributed by atoms with Gasteiger partial charge in [0.15, 0.2) is 5.78 Å². The lowest BCUT2D eigenvalue weighted by molar-refractivity contribution is -0.141. The SMILES string of the molecule is COCOC[C@@H]1CC[C@@H](COCOC)N1C(=O)[C@@H](C)C(=O)c1ccccc1. The first-order valence-electron chi connectivity index (χ1n) is 9.15. The molecule has 1 aromatic rings. The number of hydrogen-bond acceptors (Lipinski definition) is 6. The van der Waals surface area contributed by atoms with E-state index in [9.17, 15) is 9.59 Å². The molecule has 1 heterocycles. The van der Waals surface area contributed by atoms with Gasteiger partial charge in [0, 0.05) is 19.8 Å². The van der Waals surface area contributed by atoms with Crippen molar-refractivity contribution in [1.82, 2.24) is 4.90 Å². The third-order valence-corrected chi connectivity index (χ3v) is 4.72. The van der Waals surface area contributed by atoms with Crippen LogP contribution in [0.25, 0.3) is 0 Å². The average Bonchev–Trinajstić information content (AvgIpc) is 3.10. The van der Waals surface area contributed by atoms with Crippen LogP contribution in [0.3, 0.4) is 0 Å². The summed E-state index contributed by atoms with van der Waals surface area (Å²) in [6, 6.07) is 8.69. The Morgan fingerprint density at radius 3 is 2.00 bits per heavy atom. The van der Waals surface area contributed by atoms with Crippen LogP contribution in [0, 0.1) is 5.92 Å². The number of amides is 1. The summed E-state index contributed by atoms with van der Waals surface area (Å²) in [5, 5.41) is 0. The smallest absolute Gasteiger partial charge is 0.233 e. The number of benzene rings is 1. The quantitative estimate of drug-likeness (QED) is 0.254. The van der Waals surface area contributed by atoms with E-state index in [4.69, 9.17) is 18.9 Å². The second-order valence-corrected chi connectivity index (χ2v) is 6.64. The van der Waals surface area contributed by atoms with E-state index >= 15 is 0 Å². The zero-order valence-corrected chi connectivity index (χ0v) is 16.3. The van der Waals surface area contributed by atoms with Gasteiger partial charge in [0.1, 0.15) is 13.6 Å². The Hall–Kier alpha value is -1.80. The molecule has 0 unspecified atom stereocenters. The number of ketones is 1. The minimum Gasteiger partial charge on any atom is -0.359 e. The molecular weight excluding hydrogens is 350 g/mol. The summed E-state index contributed by atoms with van der Waals surface area (Å²) in [6.07, 6.45) is 1.59. The van der Waals surface area contributed by atoms with Gasteiger partial charge in [-0.25, -0.2) is 0 Å². The number of nitrogens with zero attached hydrogens (tertiary/aromatic N) is 1. The van der Waals surface area contributed by atoms with E-state index in [2.05, 4.69) is 0 Å². The molecule has 0 aromatic heterocycles. The van der Waals surface area contributed by atoms with E-state index in [0.717, 1.165) is 12.8 Å². The van der Waals surface area contributed by atoms with Crippen LogP contribution in [-0.4, -0.2) is 69.7 Å². The van der Waals surface area contributed by atoms with E-state index in [1.165, 1.54) is 0 Å². The van der Waals surface area contributed by atoms with Crippen LogP contribution in [0.5, 0.6) is 0 Å². The number of Topliss-reactive ketones (excluding diaryl/α,β-unsaturated/α-hetero) is 1. The summed E-state index contributed by atoms with van der Waals surface area (Å²) in [4.78, 5) is 27.7. The topological polar surface area (TPSA) is 74.3 Å². The van der Waals surface area contributed by atoms with E-state index in [1.54, 1.807) is 50.3 Å². The summed E-state index contributed by atoms with van der Waals surface area (Å²) < 4.78 is 20.8. The maximum Gasteiger partial charge on any atom is 0.233 e. The number of hydrogen-bond donors (Lipinski definition) is 0. The molecule has 2 rings (SSSR count). The molecule has 0 bridgehead atoms. The summed E-state index contributed by atoms with van der Waals surface area (Å²) in [5.74, 6) is -1.14. The van der Waals surface area contributed by atoms with Gasteiger partial charge in [-0.05, 0) is 19.8 Å². The molecule has 27 heavy (non-hydrogen) atoms. The largest absolute Gasteiger partial charge is 0.359 e. The van der Waals surface area contributed by atoms with Gasteiger partial charge < -0.3 is 23.8 Å². The zero-order valence-electron chi connectivity index (χ0n) is 16.3. The van der Waals surface area contributed by atoms with Gasteiger partial charge in [0.05, 0.1) is 31.2 Å². The molecule has 1 aliphatic heterocycles. The normalized spacial score (nSPS) is 20.6. The van der Waals surface area contributed by atoms with Crippen molar-refractivity contribution >= 4 is 11.7 Å². The molecule has 7 heteroatoms. The Labute approximate surface area is 160 Å². The lowest BCUT2D eigenvalue weighted by atomic mass is 9.97. The number of likely N-dealkylation sites (tertiary alicyclic amines) is 1. The van der Waals surface area contributed by atoms with Crippen LogP contribution in [0.15, 0.2) is 30.3 Å². The lowest BCUT2D eigenvalue weighted by Crippen LogP contribution is -2.48. The lowest BCUT2D eigenvalue weighted by Gasteiger charge is -2.32. The molecular formula is C20H29NO6. The standard InChI is InChI=1S/C20H29NO6/c1-15(19(22)16-7-5-4-6-8-16)20(23)21-17(11-26-13-24-2)9-10-18(21)12-27-14-25-3/h4-8,15,17-18H,9-14H2,1-3H3/t15-,17-,18-/m0/s1. The highest BCUT2D eigenvalue weighted by Crippen LogP contribution is 2.28. The molecule has 150 valence electrons. The predicted molar refractivity (Wildman–Crippen MR) is 99.2 cm³/mol. The number of carbonyl (C=O) groups is 2. The Balaban J connectivity index is 2.10. The summed E-state index contributed by atoms with van der Waals surface area (Å²) in [5.41, 5.74) is 0.539. The first kappa shape index (κ1) is 21.5. The molecule has 1 saturated heterocycles. The first-order valence-corrected chi connectivity index (χ1v) is 9.15. The Kier molecular flexibility index (Phi) is 8.87. The molecule has 1 fully saturated rings. The summed E-state index contributed by atoms with van der Waals surface area (Å²) in [6.45, 7) is 2.74. The van der Waals surface area contributed by atoms with Crippen LogP contribution in [-0.2, 0) is 23.7 Å². The summed E-state index contributed by atoms with van der Waals surface area (Å²) >= 11 is 0. The van der Waals surface area contributed by atoms with Gasteiger partial charge in [-0.1, -0.05) is 30.3 Å². The molecule has 3 atom stereocenters. The number of carbonyl (C=O) groups excluding carboxylic acids is 2. The number of ether oxygens (including phenoxy) is 4. The Morgan fingerprint density at radius 2 is 1.52 bits per heavy atom. The highest BCUT2D eigenvalue weighted by molar-refractivity contribution is 6.09. The minimum atomic E-state index is -0.764. The molecule has 7 nitrogen and oxygen atoms in total. The van der Waals surface area contributed by atoms with E-state index in [1.807, 2.05) is 6.07 Å². The molecule has 0 radical (unpaired) electrons. The fourth-order valence-electron chi connectivity index (χ4n) is 3.37. The number of rotatable bonds is 11. The third kappa shape index (κ3) is 5.84. The molecule has 1 aromatic carbocycles. The second kappa shape index (κ2) is 11.1. The predicted octanol–water partition coefficient (Wildman–Crippen LogP) is 2.11. The van der Waals surface area contributed by atoms with Crippen molar-refractivity contribution < 1.29 is 28.5 Å². The first-order chi connectivity index (χ1) is 13.1. The third-order valence-electron chi connectivity index (χ3n) is 4.72. The van der Waals surface area contributed by atoms with E-state index < -0.39 is 5.92 Å². The van der Waals surface area contributed by atoms with Gasteiger partial charge in [-0.2, -0.15) is 0 Å². The van der Waals surface area contributed by atoms with Crippen molar-refractivity contribution in [3.05, 3.63) is 35.9 Å².